The number of amides is 1. The maximum absolute atomic E-state index is 12.5. The average Bonchev–Trinajstić information content (AvgIpc) is 2.98. The number of carbonyl (C=O) groups excluding carboxylic acids is 1. The number of thioether (sulfide) groups is 1. The van der Waals surface area contributed by atoms with Gasteiger partial charge >= 0.3 is 0 Å². The van der Waals surface area contributed by atoms with Crippen molar-refractivity contribution in [2.45, 2.75) is 62.9 Å². The van der Waals surface area contributed by atoms with E-state index in [-0.39, 0.29) is 11.2 Å². The first kappa shape index (κ1) is 18.1. The van der Waals surface area contributed by atoms with Crippen molar-refractivity contribution in [1.82, 2.24) is 15.3 Å². The van der Waals surface area contributed by atoms with Gasteiger partial charge in [0.2, 0.25) is 5.91 Å². The predicted molar refractivity (Wildman–Crippen MR) is 102 cm³/mol. The highest BCUT2D eigenvalue weighted by Gasteiger charge is 2.25. The highest BCUT2D eigenvalue weighted by Crippen LogP contribution is 2.27. The van der Waals surface area contributed by atoms with Gasteiger partial charge in [-0.2, -0.15) is 0 Å². The average molecular weight is 362 g/mol. The van der Waals surface area contributed by atoms with Gasteiger partial charge in [0.1, 0.15) is 5.75 Å². The number of aromatic amines is 1. The number of rotatable bonds is 6. The Morgan fingerprint density at radius 1 is 1.44 bits per heavy atom. The summed E-state index contributed by atoms with van der Waals surface area (Å²) in [7, 11) is 0. The zero-order valence-corrected chi connectivity index (χ0v) is 16.0. The van der Waals surface area contributed by atoms with Crippen molar-refractivity contribution in [1.29, 1.82) is 0 Å². The Morgan fingerprint density at radius 2 is 2.24 bits per heavy atom. The third-order valence-electron chi connectivity index (χ3n) is 4.84. The Bertz CT molecular complexity index is 731. The molecule has 3 unspecified atom stereocenters. The summed E-state index contributed by atoms with van der Waals surface area (Å²) in [6.45, 7) is 6.77. The summed E-state index contributed by atoms with van der Waals surface area (Å²) in [4.78, 5) is 20.4. The molecule has 0 bridgehead atoms. The molecular formula is C19H27N3O2S. The number of hydrogen-bond donors (Lipinski definition) is 2. The summed E-state index contributed by atoms with van der Waals surface area (Å²) in [6, 6.07) is 6.12. The third kappa shape index (κ3) is 4.48. The summed E-state index contributed by atoms with van der Waals surface area (Å²) in [5, 5.41) is 3.81. The fourth-order valence-electron chi connectivity index (χ4n) is 3.33. The number of fused-ring (bicyclic) bond motifs is 1. The van der Waals surface area contributed by atoms with Crippen LogP contribution >= 0.6 is 11.8 Å². The number of nitrogens with one attached hydrogen (secondary N) is 2. The monoisotopic (exact) mass is 361 g/mol. The molecule has 1 aromatic heterocycles. The number of nitrogens with zero attached hydrogens (tertiary/aromatic N) is 1. The minimum absolute atomic E-state index is 0.0965. The van der Waals surface area contributed by atoms with Crippen LogP contribution in [0.5, 0.6) is 5.75 Å². The summed E-state index contributed by atoms with van der Waals surface area (Å²) in [5.41, 5.74) is 1.82. The number of imidazole rings is 1. The number of ether oxygens (including phenoxy) is 1. The van der Waals surface area contributed by atoms with Gasteiger partial charge in [-0.3, -0.25) is 4.79 Å². The van der Waals surface area contributed by atoms with E-state index in [4.69, 9.17) is 4.74 Å². The maximum atomic E-state index is 12.5. The van der Waals surface area contributed by atoms with E-state index in [9.17, 15) is 4.79 Å². The van der Waals surface area contributed by atoms with E-state index in [1.807, 2.05) is 32.0 Å². The van der Waals surface area contributed by atoms with Crippen LogP contribution in [-0.4, -0.2) is 33.8 Å². The molecular weight excluding hydrogens is 334 g/mol. The first-order valence-electron chi connectivity index (χ1n) is 9.16. The molecule has 25 heavy (non-hydrogen) atoms. The second kappa shape index (κ2) is 8.13. The number of hydrogen-bond acceptors (Lipinski definition) is 4. The number of aromatic nitrogens is 2. The van der Waals surface area contributed by atoms with Gasteiger partial charge in [-0.15, -0.1) is 0 Å². The zero-order valence-electron chi connectivity index (χ0n) is 15.2. The minimum atomic E-state index is -0.180. The van der Waals surface area contributed by atoms with Gasteiger partial charge in [-0.05, 0) is 44.7 Å². The van der Waals surface area contributed by atoms with Crippen molar-refractivity contribution < 1.29 is 9.53 Å². The third-order valence-corrected chi connectivity index (χ3v) is 5.82. The van der Waals surface area contributed by atoms with Crippen molar-refractivity contribution in [2.75, 3.05) is 6.61 Å². The van der Waals surface area contributed by atoms with Gasteiger partial charge in [-0.1, -0.05) is 31.5 Å². The topological polar surface area (TPSA) is 67.0 Å². The van der Waals surface area contributed by atoms with Crippen molar-refractivity contribution in [3.8, 4) is 5.75 Å². The van der Waals surface area contributed by atoms with Gasteiger partial charge in [-0.25, -0.2) is 4.98 Å². The van der Waals surface area contributed by atoms with Crippen LogP contribution in [0.4, 0.5) is 0 Å². The Hall–Kier alpha value is -1.69. The molecule has 3 rings (SSSR count). The highest BCUT2D eigenvalue weighted by molar-refractivity contribution is 8.00. The lowest BCUT2D eigenvalue weighted by atomic mass is 9.86. The summed E-state index contributed by atoms with van der Waals surface area (Å²) in [5.74, 6) is 1.49. The predicted octanol–water partition coefficient (Wildman–Crippen LogP) is 4.14. The highest BCUT2D eigenvalue weighted by atomic mass is 32.2. The maximum Gasteiger partial charge on any atom is 0.233 e. The molecule has 1 fully saturated rings. The van der Waals surface area contributed by atoms with E-state index in [0.29, 0.717) is 18.6 Å². The first-order valence-corrected chi connectivity index (χ1v) is 10.0. The van der Waals surface area contributed by atoms with Crippen molar-refractivity contribution in [3.05, 3.63) is 18.2 Å². The molecule has 0 radical (unpaired) electrons. The van der Waals surface area contributed by atoms with Crippen LogP contribution in [0.1, 0.15) is 46.5 Å². The van der Waals surface area contributed by atoms with Crippen LogP contribution in [0.3, 0.4) is 0 Å². The SMILES string of the molecule is CCOc1ccc2nc(SC(C)C(=O)NC3CCCCC3C)[nH]c2c1. The molecule has 1 saturated carbocycles. The Labute approximate surface area is 153 Å². The Morgan fingerprint density at radius 3 is 3.00 bits per heavy atom. The fraction of sp³-hybridized carbons (Fsp3) is 0.579. The quantitative estimate of drug-likeness (QED) is 0.759. The number of H-pyrrole nitrogens is 1. The van der Waals surface area contributed by atoms with Crippen LogP contribution < -0.4 is 10.1 Å². The van der Waals surface area contributed by atoms with Crippen LogP contribution in [0.2, 0.25) is 0 Å². The first-order chi connectivity index (χ1) is 12.1. The van der Waals surface area contributed by atoms with E-state index < -0.39 is 0 Å². The zero-order chi connectivity index (χ0) is 17.8. The molecule has 3 atom stereocenters. The van der Waals surface area contributed by atoms with Gasteiger partial charge in [0.05, 0.1) is 22.9 Å². The molecule has 136 valence electrons. The van der Waals surface area contributed by atoms with Crippen LogP contribution in [0.25, 0.3) is 11.0 Å². The molecule has 5 nitrogen and oxygen atoms in total. The molecule has 1 amide bonds. The number of benzene rings is 1. The van der Waals surface area contributed by atoms with E-state index in [1.165, 1.54) is 31.0 Å². The standard InChI is InChI=1S/C19H27N3O2S/c1-4-24-14-9-10-16-17(11-14)22-19(21-16)25-13(3)18(23)20-15-8-6-5-7-12(15)2/h9-13,15H,4-8H2,1-3H3,(H,20,23)(H,21,22). The number of carbonyl (C=O) groups is 1. The second-order valence-corrected chi connectivity index (χ2v) is 8.12. The summed E-state index contributed by atoms with van der Waals surface area (Å²) >= 11 is 1.47. The van der Waals surface area contributed by atoms with E-state index in [2.05, 4.69) is 22.2 Å². The fourth-order valence-corrected chi connectivity index (χ4v) is 4.16. The van der Waals surface area contributed by atoms with Gasteiger partial charge in [0.25, 0.3) is 0 Å². The molecule has 1 aliphatic rings. The molecule has 1 aromatic carbocycles. The van der Waals surface area contributed by atoms with Crippen molar-refractivity contribution in [2.24, 2.45) is 5.92 Å². The van der Waals surface area contributed by atoms with E-state index in [1.54, 1.807) is 0 Å². The van der Waals surface area contributed by atoms with Crippen LogP contribution in [0.15, 0.2) is 23.4 Å². The second-order valence-electron chi connectivity index (χ2n) is 6.79. The van der Waals surface area contributed by atoms with Gasteiger partial charge in [0.15, 0.2) is 5.16 Å². The molecule has 1 aliphatic carbocycles. The largest absolute Gasteiger partial charge is 0.494 e. The van der Waals surface area contributed by atoms with E-state index in [0.717, 1.165) is 28.4 Å². The molecule has 1 heterocycles. The Kier molecular flexibility index (Phi) is 5.89. The lowest BCUT2D eigenvalue weighted by Crippen LogP contribution is -2.44. The van der Waals surface area contributed by atoms with E-state index >= 15 is 0 Å². The van der Waals surface area contributed by atoms with Crippen molar-refractivity contribution in [3.63, 3.8) is 0 Å². The summed E-state index contributed by atoms with van der Waals surface area (Å²) < 4.78 is 5.52. The molecule has 6 heteroatoms. The van der Waals surface area contributed by atoms with Crippen LogP contribution in [0, 0.1) is 5.92 Å². The van der Waals surface area contributed by atoms with Gasteiger partial charge < -0.3 is 15.0 Å². The van der Waals surface area contributed by atoms with Crippen molar-refractivity contribution >= 4 is 28.7 Å². The van der Waals surface area contributed by atoms with Crippen LogP contribution in [-0.2, 0) is 4.79 Å². The molecule has 0 saturated heterocycles. The normalized spacial score (nSPS) is 21.9. The Balaban J connectivity index is 1.62. The molecule has 0 spiro atoms. The lowest BCUT2D eigenvalue weighted by molar-refractivity contribution is -0.121. The molecule has 0 aliphatic heterocycles. The lowest BCUT2D eigenvalue weighted by Gasteiger charge is -2.30. The smallest absolute Gasteiger partial charge is 0.233 e. The summed E-state index contributed by atoms with van der Waals surface area (Å²) in [6.07, 6.45) is 4.79. The minimum Gasteiger partial charge on any atom is -0.494 e. The molecule has 2 N–H and O–H groups in total. The van der Waals surface area contributed by atoms with Gasteiger partial charge in [0, 0.05) is 12.1 Å². The molecule has 2 aromatic rings.